The Morgan fingerprint density at radius 1 is 0.594 bits per heavy atom. The Bertz CT molecular complexity index is 812. The highest BCUT2D eigenvalue weighted by Gasteiger charge is 2.78. The molecule has 1 rings (SSSR count). The van der Waals surface area contributed by atoms with Crippen LogP contribution >= 0.6 is 0 Å². The van der Waals surface area contributed by atoms with Crippen molar-refractivity contribution in [1.29, 1.82) is 0 Å². The Morgan fingerprint density at radius 2 is 0.875 bits per heavy atom. The number of aromatic nitrogens is 2. The van der Waals surface area contributed by atoms with Crippen molar-refractivity contribution in [2.75, 3.05) is 0 Å². The summed E-state index contributed by atoms with van der Waals surface area (Å²) < 4.78 is 182. The van der Waals surface area contributed by atoms with Crippen LogP contribution in [0.3, 0.4) is 0 Å². The number of carbonyl (C=O) groups excluding carboxylic acids is 2. The largest absolute Gasteiger partial charge is 0.460 e. The SMILES string of the molecule is O=C(Oc1cc(OC(=O)C(F)(F)C(F)(F)C(F)(F)F)ncn1)C(F)(F)C(F)(F)C(F)(F)F. The molecule has 0 amide bonds. The molecule has 0 spiro atoms. The molecule has 0 aliphatic rings. The van der Waals surface area contributed by atoms with Gasteiger partial charge in [-0.2, -0.15) is 61.5 Å². The van der Waals surface area contributed by atoms with Gasteiger partial charge in [0.1, 0.15) is 6.33 Å². The minimum Gasteiger partial charge on any atom is -0.403 e. The summed E-state index contributed by atoms with van der Waals surface area (Å²) in [6, 6.07) is -0.334. The maximum atomic E-state index is 13.1. The van der Waals surface area contributed by atoms with Crippen LogP contribution in [0.5, 0.6) is 11.8 Å². The molecular formula is C12H2F14N2O4. The number of alkyl halides is 14. The highest BCUT2D eigenvalue weighted by molar-refractivity contribution is 5.82. The second-order valence-corrected chi connectivity index (χ2v) is 5.27. The zero-order valence-corrected chi connectivity index (χ0v) is 14.0. The second kappa shape index (κ2) is 7.87. The molecule has 1 aromatic rings. The zero-order valence-electron chi connectivity index (χ0n) is 14.0. The fourth-order valence-corrected chi connectivity index (χ4v) is 1.36. The van der Waals surface area contributed by atoms with Crippen molar-refractivity contribution in [2.45, 2.75) is 36.0 Å². The minimum absolute atomic E-state index is 0.0781. The molecule has 0 aliphatic heterocycles. The zero-order chi connectivity index (χ0) is 25.6. The third-order valence-corrected chi connectivity index (χ3v) is 3.02. The molecule has 0 unspecified atom stereocenters. The molecule has 0 saturated carbocycles. The molecule has 0 saturated heterocycles. The molecule has 0 aromatic carbocycles. The van der Waals surface area contributed by atoms with Gasteiger partial charge in [0.05, 0.1) is 6.07 Å². The Balaban J connectivity index is 3.12. The van der Waals surface area contributed by atoms with Crippen molar-refractivity contribution in [3.63, 3.8) is 0 Å². The molecule has 1 heterocycles. The molecule has 0 N–H and O–H groups in total. The number of halogens is 14. The maximum Gasteiger partial charge on any atom is 0.460 e. The molecule has 20 heteroatoms. The molecule has 0 radical (unpaired) electrons. The number of hydrogen-bond donors (Lipinski definition) is 0. The first-order valence-corrected chi connectivity index (χ1v) is 6.91. The summed E-state index contributed by atoms with van der Waals surface area (Å²) in [6.07, 6.45) is -14.0. The van der Waals surface area contributed by atoms with Crippen LogP contribution in [0.25, 0.3) is 0 Å². The molecule has 0 bridgehead atoms. The summed E-state index contributed by atoms with van der Waals surface area (Å²) in [5.41, 5.74) is 0. The molecule has 0 aliphatic carbocycles. The van der Waals surface area contributed by atoms with Crippen LogP contribution in [-0.4, -0.2) is 57.9 Å². The monoisotopic (exact) mass is 504 g/mol. The van der Waals surface area contributed by atoms with Gasteiger partial charge in [-0.15, -0.1) is 0 Å². The van der Waals surface area contributed by atoms with Crippen LogP contribution < -0.4 is 9.47 Å². The lowest BCUT2D eigenvalue weighted by Crippen LogP contribution is -2.57. The van der Waals surface area contributed by atoms with E-state index in [2.05, 4.69) is 19.4 Å². The summed E-state index contributed by atoms with van der Waals surface area (Å²) in [7, 11) is 0. The normalized spacial score (nSPS) is 14.2. The number of nitrogens with zero attached hydrogens (tertiary/aromatic N) is 2. The van der Waals surface area contributed by atoms with Gasteiger partial charge in [0.25, 0.3) is 0 Å². The number of hydrogen-bond acceptors (Lipinski definition) is 6. The van der Waals surface area contributed by atoms with E-state index >= 15 is 0 Å². The van der Waals surface area contributed by atoms with E-state index in [1.54, 1.807) is 0 Å². The van der Waals surface area contributed by atoms with Gasteiger partial charge in [-0.3, -0.25) is 0 Å². The fraction of sp³-hybridized carbons (Fsp3) is 0.500. The highest BCUT2D eigenvalue weighted by Crippen LogP contribution is 2.48. The first-order chi connectivity index (χ1) is 14.0. The van der Waals surface area contributed by atoms with Gasteiger partial charge >= 0.3 is 48.0 Å². The van der Waals surface area contributed by atoms with Crippen LogP contribution in [0.1, 0.15) is 0 Å². The molecular weight excluding hydrogens is 502 g/mol. The van der Waals surface area contributed by atoms with Crippen LogP contribution in [0, 0.1) is 0 Å². The summed E-state index contributed by atoms with van der Waals surface area (Å²) in [4.78, 5) is 27.3. The molecule has 32 heavy (non-hydrogen) atoms. The van der Waals surface area contributed by atoms with Crippen LogP contribution in [0.4, 0.5) is 61.5 Å². The summed E-state index contributed by atoms with van der Waals surface area (Å²) in [5.74, 6) is -37.9. The van der Waals surface area contributed by atoms with Gasteiger partial charge in [0.15, 0.2) is 0 Å². The van der Waals surface area contributed by atoms with Crippen molar-refractivity contribution < 1.29 is 80.5 Å². The number of ether oxygens (including phenoxy) is 2. The van der Waals surface area contributed by atoms with E-state index in [4.69, 9.17) is 0 Å². The molecule has 182 valence electrons. The number of rotatable bonds is 6. The molecule has 0 fully saturated rings. The minimum atomic E-state index is -6.98. The lowest BCUT2D eigenvalue weighted by atomic mass is 10.1. The Kier molecular flexibility index (Phi) is 6.66. The van der Waals surface area contributed by atoms with E-state index < -0.39 is 59.7 Å². The van der Waals surface area contributed by atoms with Crippen LogP contribution in [0.2, 0.25) is 0 Å². The van der Waals surface area contributed by atoms with Crippen LogP contribution in [-0.2, 0) is 9.59 Å². The predicted molar refractivity (Wildman–Crippen MR) is 65.2 cm³/mol. The van der Waals surface area contributed by atoms with Crippen molar-refractivity contribution in [2.24, 2.45) is 0 Å². The quantitative estimate of drug-likeness (QED) is 0.432. The number of esters is 2. The summed E-state index contributed by atoms with van der Waals surface area (Å²) in [5, 5.41) is 0. The summed E-state index contributed by atoms with van der Waals surface area (Å²) in [6.45, 7) is 0. The second-order valence-electron chi connectivity index (χ2n) is 5.27. The van der Waals surface area contributed by atoms with Gasteiger partial charge in [-0.25, -0.2) is 19.6 Å². The van der Waals surface area contributed by atoms with E-state index in [-0.39, 0.29) is 12.4 Å². The van der Waals surface area contributed by atoms with Crippen molar-refractivity contribution in [1.82, 2.24) is 9.97 Å². The molecule has 1 aromatic heterocycles. The first-order valence-electron chi connectivity index (χ1n) is 6.91. The van der Waals surface area contributed by atoms with Crippen LogP contribution in [0.15, 0.2) is 12.4 Å². The maximum absolute atomic E-state index is 13.1. The summed E-state index contributed by atoms with van der Waals surface area (Å²) >= 11 is 0. The van der Waals surface area contributed by atoms with Crippen molar-refractivity contribution >= 4 is 11.9 Å². The van der Waals surface area contributed by atoms with Gasteiger partial charge in [-0.05, 0) is 0 Å². The van der Waals surface area contributed by atoms with E-state index in [1.165, 1.54) is 0 Å². The van der Waals surface area contributed by atoms with Gasteiger partial charge in [-0.1, -0.05) is 0 Å². The van der Waals surface area contributed by atoms with E-state index in [0.717, 1.165) is 0 Å². The molecule has 6 nitrogen and oxygen atoms in total. The number of carbonyl (C=O) groups is 2. The van der Waals surface area contributed by atoms with E-state index in [1.807, 2.05) is 0 Å². The fourth-order valence-electron chi connectivity index (χ4n) is 1.36. The lowest BCUT2D eigenvalue weighted by Gasteiger charge is -2.26. The lowest BCUT2D eigenvalue weighted by molar-refractivity contribution is -0.346. The topological polar surface area (TPSA) is 78.4 Å². The third kappa shape index (κ3) is 4.61. The first kappa shape index (κ1) is 27.1. The van der Waals surface area contributed by atoms with Crippen molar-refractivity contribution in [3.8, 4) is 11.8 Å². The molecule has 0 atom stereocenters. The van der Waals surface area contributed by atoms with E-state index in [0.29, 0.717) is 0 Å². The standard InChI is InChI=1S/C12H2F14N2O4/c13-7(14,9(17,18)11(21,22)23)5(29)31-3-1-4(28-2-27-3)32-6(30)8(15,16)10(19,20)12(24,25)26/h1-2H. The Labute approximate surface area is 164 Å². The van der Waals surface area contributed by atoms with Crippen molar-refractivity contribution in [3.05, 3.63) is 12.4 Å². The van der Waals surface area contributed by atoms with E-state index in [9.17, 15) is 71.1 Å². The smallest absolute Gasteiger partial charge is 0.403 e. The van der Waals surface area contributed by atoms with Gasteiger partial charge < -0.3 is 9.47 Å². The van der Waals surface area contributed by atoms with Gasteiger partial charge in [0.2, 0.25) is 11.8 Å². The third-order valence-electron chi connectivity index (χ3n) is 3.02. The average Bonchev–Trinajstić information content (AvgIpc) is 2.59. The predicted octanol–water partition coefficient (Wildman–Crippen LogP) is 3.95. The highest BCUT2D eigenvalue weighted by atomic mass is 19.4. The Hall–Kier alpha value is -2.96. The average molecular weight is 504 g/mol. The van der Waals surface area contributed by atoms with Gasteiger partial charge in [0, 0.05) is 0 Å². The Morgan fingerprint density at radius 3 is 1.12 bits per heavy atom.